The smallest absolute Gasteiger partial charge is 0.211 e. The topological polar surface area (TPSA) is 46.2 Å². The minimum atomic E-state index is -3.35. The van der Waals surface area contributed by atoms with Crippen molar-refractivity contribution in [2.45, 2.75) is 44.9 Å². The highest BCUT2D eigenvalue weighted by Gasteiger charge is 2.14. The lowest BCUT2D eigenvalue weighted by molar-refractivity contribution is 0.560. The Labute approximate surface area is 111 Å². The zero-order chi connectivity index (χ0) is 13.8. The lowest BCUT2D eigenvalue weighted by Gasteiger charge is -2.11. The first kappa shape index (κ1) is 15.2. The van der Waals surface area contributed by atoms with Crippen LogP contribution in [0.3, 0.4) is 0 Å². The second-order valence-electron chi connectivity index (χ2n) is 5.12. The average Bonchev–Trinajstić information content (AvgIpc) is 2.36. The van der Waals surface area contributed by atoms with Gasteiger partial charge in [0, 0.05) is 6.54 Å². The molecular formula is C14H23NO2S. The molecule has 0 bridgehead atoms. The molecule has 18 heavy (non-hydrogen) atoms. The predicted molar refractivity (Wildman–Crippen MR) is 75.2 cm³/mol. The highest BCUT2D eigenvalue weighted by Crippen LogP contribution is 2.20. The molecule has 0 saturated carbocycles. The van der Waals surface area contributed by atoms with Crippen molar-refractivity contribution in [3.8, 4) is 0 Å². The van der Waals surface area contributed by atoms with E-state index in [1.54, 1.807) is 12.1 Å². The Balaban J connectivity index is 2.84. The van der Waals surface area contributed by atoms with Gasteiger partial charge in [0.05, 0.1) is 4.90 Å². The van der Waals surface area contributed by atoms with Gasteiger partial charge in [-0.25, -0.2) is 13.1 Å². The summed E-state index contributed by atoms with van der Waals surface area (Å²) in [5.74, 6) is 0.768. The van der Waals surface area contributed by atoms with Gasteiger partial charge in [0.15, 0.2) is 0 Å². The van der Waals surface area contributed by atoms with E-state index in [0.717, 1.165) is 6.42 Å². The van der Waals surface area contributed by atoms with Crippen molar-refractivity contribution in [1.82, 2.24) is 4.72 Å². The third-order valence-electron chi connectivity index (χ3n) is 3.05. The molecule has 0 fully saturated rings. The SMILES string of the molecule is CC[C@@H](C)c1ccc(S(=O)(=O)NCC(C)C)cc1. The molecule has 1 aromatic rings. The Morgan fingerprint density at radius 2 is 1.67 bits per heavy atom. The van der Waals surface area contributed by atoms with E-state index in [1.807, 2.05) is 26.0 Å². The molecule has 0 aliphatic rings. The van der Waals surface area contributed by atoms with Crippen LogP contribution in [0.1, 0.15) is 45.6 Å². The Morgan fingerprint density at radius 1 is 1.11 bits per heavy atom. The molecule has 1 atom stereocenters. The second kappa shape index (κ2) is 6.34. The number of sulfonamides is 1. The van der Waals surface area contributed by atoms with Crippen LogP contribution >= 0.6 is 0 Å². The van der Waals surface area contributed by atoms with Crippen LogP contribution in [0.5, 0.6) is 0 Å². The maximum Gasteiger partial charge on any atom is 0.240 e. The number of hydrogen-bond acceptors (Lipinski definition) is 2. The lowest BCUT2D eigenvalue weighted by Crippen LogP contribution is -2.27. The maximum absolute atomic E-state index is 12.0. The van der Waals surface area contributed by atoms with E-state index in [9.17, 15) is 8.42 Å². The first-order chi connectivity index (χ1) is 8.36. The molecule has 1 aromatic carbocycles. The molecule has 0 aromatic heterocycles. The molecule has 0 unspecified atom stereocenters. The van der Waals surface area contributed by atoms with Crippen molar-refractivity contribution in [2.24, 2.45) is 5.92 Å². The van der Waals surface area contributed by atoms with Gasteiger partial charge in [0.2, 0.25) is 10.0 Å². The largest absolute Gasteiger partial charge is 0.240 e. The number of hydrogen-bond donors (Lipinski definition) is 1. The van der Waals surface area contributed by atoms with Crippen molar-refractivity contribution in [3.05, 3.63) is 29.8 Å². The minimum absolute atomic E-state index is 0.305. The quantitative estimate of drug-likeness (QED) is 0.862. The Morgan fingerprint density at radius 3 is 2.11 bits per heavy atom. The summed E-state index contributed by atoms with van der Waals surface area (Å²) < 4.78 is 26.6. The fourth-order valence-electron chi connectivity index (χ4n) is 1.57. The summed E-state index contributed by atoms with van der Waals surface area (Å²) in [5.41, 5.74) is 1.18. The van der Waals surface area contributed by atoms with Crippen molar-refractivity contribution >= 4 is 10.0 Å². The van der Waals surface area contributed by atoms with E-state index < -0.39 is 10.0 Å². The van der Waals surface area contributed by atoms with E-state index >= 15 is 0 Å². The Kier molecular flexibility index (Phi) is 5.35. The highest BCUT2D eigenvalue weighted by molar-refractivity contribution is 7.89. The molecule has 3 nitrogen and oxygen atoms in total. The molecule has 4 heteroatoms. The number of benzene rings is 1. The summed E-state index contributed by atoms with van der Waals surface area (Å²) in [5, 5.41) is 0. The van der Waals surface area contributed by atoms with Crippen LogP contribution in [0.25, 0.3) is 0 Å². The van der Waals surface area contributed by atoms with Gasteiger partial charge < -0.3 is 0 Å². The fraction of sp³-hybridized carbons (Fsp3) is 0.571. The van der Waals surface area contributed by atoms with Gasteiger partial charge in [-0.1, -0.05) is 39.8 Å². The Hall–Kier alpha value is -0.870. The zero-order valence-corrected chi connectivity index (χ0v) is 12.4. The van der Waals surface area contributed by atoms with Crippen molar-refractivity contribution in [3.63, 3.8) is 0 Å². The first-order valence-corrected chi connectivity index (χ1v) is 7.94. The summed E-state index contributed by atoms with van der Waals surface area (Å²) in [7, 11) is -3.35. The molecule has 0 amide bonds. The average molecular weight is 269 g/mol. The van der Waals surface area contributed by atoms with E-state index in [1.165, 1.54) is 5.56 Å². The van der Waals surface area contributed by atoms with Crippen LogP contribution in [0.4, 0.5) is 0 Å². The summed E-state index contributed by atoms with van der Waals surface area (Å²) >= 11 is 0. The summed E-state index contributed by atoms with van der Waals surface area (Å²) in [6.07, 6.45) is 1.05. The van der Waals surface area contributed by atoms with E-state index in [2.05, 4.69) is 18.6 Å². The van der Waals surface area contributed by atoms with Crippen LogP contribution < -0.4 is 4.72 Å². The first-order valence-electron chi connectivity index (χ1n) is 6.46. The van der Waals surface area contributed by atoms with Gasteiger partial charge in [-0.15, -0.1) is 0 Å². The maximum atomic E-state index is 12.0. The van der Waals surface area contributed by atoms with Crippen molar-refractivity contribution in [1.29, 1.82) is 0 Å². The zero-order valence-electron chi connectivity index (χ0n) is 11.6. The normalized spacial score (nSPS) is 13.8. The highest BCUT2D eigenvalue weighted by atomic mass is 32.2. The molecule has 0 aliphatic heterocycles. The van der Waals surface area contributed by atoms with E-state index in [0.29, 0.717) is 23.3 Å². The van der Waals surface area contributed by atoms with Crippen molar-refractivity contribution < 1.29 is 8.42 Å². The van der Waals surface area contributed by atoms with Crippen LogP contribution in [-0.4, -0.2) is 15.0 Å². The Bertz CT molecular complexity index is 463. The molecule has 0 heterocycles. The molecule has 102 valence electrons. The van der Waals surface area contributed by atoms with Crippen LogP contribution in [0.2, 0.25) is 0 Å². The summed E-state index contributed by atoms with van der Waals surface area (Å²) in [4.78, 5) is 0.343. The predicted octanol–water partition coefficient (Wildman–Crippen LogP) is 3.13. The molecule has 1 rings (SSSR count). The lowest BCUT2D eigenvalue weighted by atomic mass is 9.99. The molecule has 0 radical (unpaired) electrons. The van der Waals surface area contributed by atoms with Gasteiger partial charge in [-0.05, 0) is 36.0 Å². The van der Waals surface area contributed by atoms with E-state index in [-0.39, 0.29) is 0 Å². The number of rotatable bonds is 6. The summed E-state index contributed by atoms with van der Waals surface area (Å²) in [6, 6.07) is 7.17. The van der Waals surface area contributed by atoms with E-state index in [4.69, 9.17) is 0 Å². The minimum Gasteiger partial charge on any atom is -0.211 e. The third-order valence-corrected chi connectivity index (χ3v) is 4.49. The van der Waals surface area contributed by atoms with Gasteiger partial charge in [0.25, 0.3) is 0 Å². The third kappa shape index (κ3) is 4.10. The monoisotopic (exact) mass is 269 g/mol. The molecule has 0 spiro atoms. The number of nitrogens with one attached hydrogen (secondary N) is 1. The molecular weight excluding hydrogens is 246 g/mol. The summed E-state index contributed by atoms with van der Waals surface area (Å²) in [6.45, 7) is 8.69. The van der Waals surface area contributed by atoms with Crippen molar-refractivity contribution in [2.75, 3.05) is 6.54 Å². The van der Waals surface area contributed by atoms with Gasteiger partial charge >= 0.3 is 0 Å². The van der Waals surface area contributed by atoms with Crippen LogP contribution in [-0.2, 0) is 10.0 Å². The van der Waals surface area contributed by atoms with Gasteiger partial charge in [-0.3, -0.25) is 0 Å². The van der Waals surface area contributed by atoms with Gasteiger partial charge in [0.1, 0.15) is 0 Å². The second-order valence-corrected chi connectivity index (χ2v) is 6.89. The van der Waals surface area contributed by atoms with Gasteiger partial charge in [-0.2, -0.15) is 0 Å². The molecule has 0 aliphatic carbocycles. The standard InChI is InChI=1S/C14H23NO2S/c1-5-12(4)13-6-8-14(9-7-13)18(16,17)15-10-11(2)3/h6-9,11-12,15H,5,10H2,1-4H3/t12-/m1/s1. The van der Waals surface area contributed by atoms with Crippen LogP contribution in [0.15, 0.2) is 29.2 Å². The van der Waals surface area contributed by atoms with Crippen LogP contribution in [0, 0.1) is 5.92 Å². The molecule has 1 N–H and O–H groups in total. The molecule has 0 saturated heterocycles. The fourth-order valence-corrected chi connectivity index (χ4v) is 2.78.